The van der Waals surface area contributed by atoms with E-state index in [1.807, 2.05) is 0 Å². The van der Waals surface area contributed by atoms with Crippen LogP contribution in [-0.4, -0.2) is 172 Å². The van der Waals surface area contributed by atoms with Gasteiger partial charge in [-0.1, -0.05) is 61.4 Å². The minimum atomic E-state index is -3.92. The maximum absolute atomic E-state index is 12.6. The van der Waals surface area contributed by atoms with Gasteiger partial charge in [-0.15, -0.1) is 0 Å². The maximum Gasteiger partial charge on any atom is 1.00 e. The largest absolute Gasteiger partial charge is 1.00 e. The molecular weight excluding hydrogens is 1770 g/mol. The first kappa shape index (κ1) is 98.0. The van der Waals surface area contributed by atoms with Crippen LogP contribution in [0.3, 0.4) is 0 Å². The molecule has 0 fully saturated rings. The van der Waals surface area contributed by atoms with Gasteiger partial charge in [0.2, 0.25) is 0 Å². The van der Waals surface area contributed by atoms with Gasteiger partial charge in [-0.25, -0.2) is 53.5 Å². The Hall–Kier alpha value is -10.3. The van der Waals surface area contributed by atoms with Gasteiger partial charge in [0, 0.05) is 86.7 Å². The van der Waals surface area contributed by atoms with Crippen LogP contribution in [-0.2, 0) is 107 Å². The third kappa shape index (κ3) is 23.5. The van der Waals surface area contributed by atoms with E-state index in [0.29, 0.717) is 84.4 Å². The third-order valence-corrected chi connectivity index (χ3v) is 18.1. The Labute approximate surface area is 724 Å². The molecular formula is C64H78BBrCsF4N22O21SSi. The third-order valence-electron chi connectivity index (χ3n) is 15.8. The maximum atomic E-state index is 12.6. The molecule has 0 aliphatic heterocycles. The van der Waals surface area contributed by atoms with Crippen molar-refractivity contribution in [1.82, 2.24) is 101 Å². The first-order valence-corrected chi connectivity index (χ1v) is 37.7. The van der Waals surface area contributed by atoms with Crippen LogP contribution in [0.15, 0.2) is 121 Å². The zero-order chi connectivity index (χ0) is 85.7. The Morgan fingerprint density at radius 3 is 1.07 bits per heavy atom. The molecule has 43 nitrogen and oxygen atoms in total. The number of aromatic amines is 1. The van der Waals surface area contributed by atoms with Crippen molar-refractivity contribution in [3.63, 3.8) is 0 Å². The van der Waals surface area contributed by atoms with Gasteiger partial charge in [0.1, 0.15) is 34.1 Å². The van der Waals surface area contributed by atoms with Crippen molar-refractivity contribution >= 4 is 107 Å². The minimum Gasteiger partial charge on any atom is -1.00 e. The molecule has 0 aliphatic rings. The van der Waals surface area contributed by atoms with E-state index in [2.05, 4.69) is 110 Å². The normalized spacial score (nSPS) is 11.1. The van der Waals surface area contributed by atoms with Gasteiger partial charge in [0.15, 0.2) is 87.1 Å². The van der Waals surface area contributed by atoms with Gasteiger partial charge in [0.05, 0.1) is 71.6 Å². The van der Waals surface area contributed by atoms with Gasteiger partial charge < -0.3 is 70.0 Å². The second-order valence-corrected chi connectivity index (χ2v) is 32.1. The number of aliphatic hydroxyl groups is 2. The number of hydrogen-bond donors (Lipinski definition) is 4. The van der Waals surface area contributed by atoms with Crippen molar-refractivity contribution in [2.75, 3.05) is 21.3 Å². The van der Waals surface area contributed by atoms with E-state index in [-0.39, 0.29) is 116 Å². The molecule has 52 heteroatoms. The summed E-state index contributed by atoms with van der Waals surface area (Å²) in [6, 6.07) is 7.43. The number of ether oxygens (including phenoxy) is 3. The van der Waals surface area contributed by atoms with Gasteiger partial charge >= 0.3 is 140 Å². The number of aryl methyl sites for hydroxylation is 9. The van der Waals surface area contributed by atoms with Crippen molar-refractivity contribution < 1.29 is 148 Å². The van der Waals surface area contributed by atoms with Gasteiger partial charge in [0.25, 0.3) is 22.2 Å². The number of thiol groups is 1. The fraction of sp³-hybridized carbons (Fsp3) is 0.406. The summed E-state index contributed by atoms with van der Waals surface area (Å²) in [4.78, 5) is 148. The van der Waals surface area contributed by atoms with Crippen molar-refractivity contribution in [3.05, 3.63) is 196 Å². The quantitative estimate of drug-likeness (QED) is 0.0229. The molecule has 0 spiro atoms. The number of halogens is 5. The number of nitrogens with zero attached hydrogens (tertiary/aromatic N) is 21. The molecule has 1 radical (unpaired) electrons. The summed E-state index contributed by atoms with van der Waals surface area (Å²) in [6.45, 7) is 11.5. The van der Waals surface area contributed by atoms with Crippen molar-refractivity contribution in [3.8, 4) is 0 Å². The van der Waals surface area contributed by atoms with E-state index >= 15 is 0 Å². The fourth-order valence-electron chi connectivity index (χ4n) is 9.42. The molecule has 13 aromatic rings. The zero-order valence-electron chi connectivity index (χ0n) is 66.0. The van der Waals surface area contributed by atoms with E-state index < -0.39 is 88.0 Å². The summed E-state index contributed by atoms with van der Waals surface area (Å²) < 4.78 is 90.0. The molecule has 0 bridgehead atoms. The standard InChI is InChI=1S/2C14H17N5O4.C13H13N5O5.C7H8N4O2.C6H6BrNO3.C6H7NO3.C4H9F3Si.BHNS.Cs.FH/c2*1-14(2,22)9-5-8(23-16-9)6-19-12(20)10-11(15-7-17(10)3)18(4)13(19)21;1-16-6-14-10-9(16)11(19)18(13(21)17(10)2)5-7-4-8(15-23-7)12(20)22-3;1-10-3-8-5-4(10)6(12)9-7(13)11(5)2;1-10-6(9)5-2-4(3-7)11-8-5;1-4-3-5(7-10-4)6(8)9-2;1-8(2,3)4(5,6)7;1-2-3;;/h2*5,7,22H,6H2,1-4H3;4,6H,5H2,1-3H3;3H,1-2H3,(H,9,12,13);2H,3H2,1H3;3H,1-2H3;1-3H3;3H;;1H/q;;;;;;;;+1;/p-1. The predicted molar refractivity (Wildman–Crippen MR) is 405 cm³/mol. The average molecular weight is 1850 g/mol. The number of H-pyrrole nitrogens is 1. The molecule has 13 aromatic heterocycles. The van der Waals surface area contributed by atoms with Crippen molar-refractivity contribution in [1.29, 1.82) is 0 Å². The molecule has 0 saturated heterocycles. The summed E-state index contributed by atoms with van der Waals surface area (Å²) in [5.41, 5.74) is -2.39. The Balaban J connectivity index is 0.000000291. The molecule has 619 valence electrons. The topological polar surface area (TPSA) is 520 Å². The second kappa shape index (κ2) is 41.0. The summed E-state index contributed by atoms with van der Waals surface area (Å²) in [6.07, 6.45) is 5.92. The van der Waals surface area contributed by atoms with Crippen LogP contribution in [0.4, 0.5) is 13.2 Å². The smallest absolute Gasteiger partial charge is 1.00 e. The second-order valence-electron chi connectivity index (χ2n) is 26.3. The van der Waals surface area contributed by atoms with E-state index in [9.17, 15) is 76.1 Å². The molecule has 0 aliphatic carbocycles. The molecule has 0 aromatic carbocycles. The van der Waals surface area contributed by atoms with Crippen LogP contribution in [0.2, 0.25) is 19.6 Å². The molecule has 0 amide bonds. The number of carbonyl (C=O) groups is 3. The molecule has 13 heterocycles. The summed E-state index contributed by atoms with van der Waals surface area (Å²) in [5.74, 6) is -3.55. The number of methoxy groups -OCH3 is 3. The first-order valence-electron chi connectivity index (χ1n) is 32.7. The van der Waals surface area contributed by atoms with Crippen LogP contribution < -0.4 is 119 Å². The van der Waals surface area contributed by atoms with Gasteiger partial charge in [-0.05, 0) is 34.6 Å². The Kier molecular flexibility index (Phi) is 34.6. The number of alkyl halides is 4. The summed E-state index contributed by atoms with van der Waals surface area (Å²) in [5, 5.41) is 38.3. The first-order chi connectivity index (χ1) is 53.1. The van der Waals surface area contributed by atoms with Crippen LogP contribution >= 0.6 is 28.7 Å². The number of esters is 3. The molecule has 0 atom stereocenters. The van der Waals surface area contributed by atoms with Crippen molar-refractivity contribution in [2.45, 2.75) is 96.2 Å². The number of aromatic nitrogens is 21. The average Bonchev–Trinajstić information content (AvgIpc) is 1.52. The Bertz CT molecular complexity index is 5990. The number of nitrogens with one attached hydrogen (secondary N) is 1. The number of fused-ring (bicyclic) bond motifs is 4. The molecule has 13 rings (SSSR count). The number of carbonyl (C=O) groups excluding carboxylic acids is 3. The van der Waals surface area contributed by atoms with Crippen LogP contribution in [0, 0.1) is 6.92 Å². The summed E-state index contributed by atoms with van der Waals surface area (Å²) in [7, 11) is 18.2. The predicted octanol–water partition coefficient (Wildman–Crippen LogP) is -3.65. The van der Waals surface area contributed by atoms with Crippen LogP contribution in [0.1, 0.15) is 99.3 Å². The SMILES string of the molecule is COC(=O)c1cc(C)on1.COC(=O)c1cc(CBr)on1.COC(=O)c1cc(Cn2c(=O)c3c(ncn3C)n(C)c2=O)on1.C[Si](C)(C)C(F)(F)F.Cn1cnc2c1c(=O)[nH]c(=O)n2C.Cn1cnc2c1c(=O)n(Cc1cc(C(C)(C)O)no1)c(=O)n2C.Cn1cnc2c1c(=O)n(Cc1cc(C(C)(C)O)no1)c(=O)n2C.[B]=NS.[Cs+].[F-]. The Morgan fingerprint density at radius 2 is 0.793 bits per heavy atom. The van der Waals surface area contributed by atoms with Crippen LogP contribution in [0.25, 0.3) is 44.7 Å². The summed E-state index contributed by atoms with van der Waals surface area (Å²) >= 11 is 6.35. The zero-order valence-corrected chi connectivity index (χ0v) is 75.7. The molecule has 0 saturated carbocycles. The van der Waals surface area contributed by atoms with E-state index in [1.54, 1.807) is 97.7 Å². The number of imidazole rings is 4. The molecule has 3 N–H and O–H groups in total. The number of hydrogen-bond acceptors (Lipinski definition) is 32. The van der Waals surface area contributed by atoms with E-state index in [0.717, 1.165) is 13.7 Å². The fourth-order valence-corrected chi connectivity index (χ4v) is 9.68. The Morgan fingerprint density at radius 1 is 0.517 bits per heavy atom. The van der Waals surface area contributed by atoms with Gasteiger partial charge in [-0.2, -0.15) is 13.2 Å². The van der Waals surface area contributed by atoms with Crippen molar-refractivity contribution in [2.24, 2.45) is 60.7 Å². The van der Waals surface area contributed by atoms with E-state index in [4.69, 9.17) is 18.1 Å². The van der Waals surface area contributed by atoms with Crippen LogP contribution in [0.5, 0.6) is 0 Å². The molecule has 0 unspecified atom stereocenters. The van der Waals surface area contributed by atoms with E-state index in [1.165, 1.54) is 126 Å². The molecule has 116 heavy (non-hydrogen) atoms. The van der Waals surface area contributed by atoms with Gasteiger partial charge in [-0.3, -0.25) is 56.1 Å². The number of rotatable bonds is 12. The minimum absolute atomic E-state index is 0. The monoisotopic (exact) mass is 1850 g/mol.